The highest BCUT2D eigenvalue weighted by Crippen LogP contribution is 2.36. The lowest BCUT2D eigenvalue weighted by atomic mass is 10.0. The number of anilines is 3. The van der Waals surface area contributed by atoms with Crippen molar-refractivity contribution < 1.29 is 8.78 Å². The zero-order valence-electron chi connectivity index (χ0n) is 14.3. The molecule has 1 aromatic carbocycles. The van der Waals surface area contributed by atoms with Crippen LogP contribution in [0.2, 0.25) is 0 Å². The topological polar surface area (TPSA) is 52.2 Å². The van der Waals surface area contributed by atoms with Gasteiger partial charge in [-0.2, -0.15) is 0 Å². The SMILES string of the molecule is CN1C=CC(F)=c2cnc3c4c([nH]c(=O)c-4c21)=CCN3c1ccc(F)cc1. The molecule has 0 unspecified atom stereocenters. The highest BCUT2D eigenvalue weighted by molar-refractivity contribution is 5.91. The van der Waals surface area contributed by atoms with Crippen LogP contribution in [0.3, 0.4) is 0 Å². The molecule has 0 saturated carbocycles. The molecule has 1 aromatic rings. The maximum atomic E-state index is 14.5. The summed E-state index contributed by atoms with van der Waals surface area (Å²) >= 11 is 0. The van der Waals surface area contributed by atoms with Crippen molar-refractivity contribution in [2.75, 3.05) is 23.4 Å². The first-order chi connectivity index (χ1) is 13.0. The average Bonchev–Trinajstić information content (AvgIpc) is 2.86. The molecule has 0 amide bonds. The molecule has 0 atom stereocenters. The Labute approximate surface area is 152 Å². The molecule has 134 valence electrons. The van der Waals surface area contributed by atoms with Crippen LogP contribution in [0.25, 0.3) is 23.0 Å². The number of nitrogens with one attached hydrogen (secondary N) is 1. The minimum atomic E-state index is -0.447. The fourth-order valence-corrected chi connectivity index (χ4v) is 3.70. The van der Waals surface area contributed by atoms with Gasteiger partial charge in [0.05, 0.1) is 27.4 Å². The normalized spacial score (nSPS) is 15.1. The first-order valence-corrected chi connectivity index (χ1v) is 8.44. The number of nitrogens with zero attached hydrogens (tertiary/aromatic N) is 3. The van der Waals surface area contributed by atoms with Crippen molar-refractivity contribution in [1.29, 1.82) is 0 Å². The second-order valence-corrected chi connectivity index (χ2v) is 6.53. The van der Waals surface area contributed by atoms with Crippen molar-refractivity contribution in [3.63, 3.8) is 0 Å². The Morgan fingerprint density at radius 1 is 1.15 bits per heavy atom. The Morgan fingerprint density at radius 2 is 1.93 bits per heavy atom. The van der Waals surface area contributed by atoms with Gasteiger partial charge in [0.15, 0.2) is 0 Å². The van der Waals surface area contributed by atoms with E-state index in [0.717, 1.165) is 5.69 Å². The molecular formula is C20H14F2N4O. The smallest absolute Gasteiger partial charge is 0.258 e. The minimum Gasteiger partial charge on any atom is -0.350 e. The van der Waals surface area contributed by atoms with Gasteiger partial charge >= 0.3 is 0 Å². The lowest BCUT2D eigenvalue weighted by molar-refractivity contribution is 0.628. The van der Waals surface area contributed by atoms with E-state index < -0.39 is 5.83 Å². The molecule has 0 spiro atoms. The second kappa shape index (κ2) is 5.51. The number of rotatable bonds is 1. The van der Waals surface area contributed by atoms with Crippen LogP contribution in [0.5, 0.6) is 0 Å². The van der Waals surface area contributed by atoms with E-state index in [-0.39, 0.29) is 16.6 Å². The van der Waals surface area contributed by atoms with Gasteiger partial charge in [-0.05, 0) is 36.4 Å². The van der Waals surface area contributed by atoms with Gasteiger partial charge in [0.1, 0.15) is 17.5 Å². The number of aromatic nitrogens is 2. The quantitative estimate of drug-likeness (QED) is 0.718. The number of hydrogen-bond acceptors (Lipinski definition) is 4. The van der Waals surface area contributed by atoms with Crippen LogP contribution < -0.4 is 25.9 Å². The summed E-state index contributed by atoms with van der Waals surface area (Å²) < 4.78 is 27.8. The fraction of sp³-hybridized carbons (Fsp3) is 0.100. The van der Waals surface area contributed by atoms with Gasteiger partial charge in [-0.25, -0.2) is 13.8 Å². The summed E-state index contributed by atoms with van der Waals surface area (Å²) in [4.78, 5) is 23.7. The first kappa shape index (κ1) is 15.7. The molecule has 4 heterocycles. The molecule has 4 aliphatic heterocycles. The Bertz CT molecular complexity index is 1260. The van der Waals surface area contributed by atoms with E-state index >= 15 is 0 Å². The van der Waals surface area contributed by atoms with Gasteiger partial charge in [-0.15, -0.1) is 0 Å². The number of allylic oxidation sites excluding steroid dienone is 1. The molecule has 0 fully saturated rings. The van der Waals surface area contributed by atoms with Gasteiger partial charge in [-0.1, -0.05) is 0 Å². The summed E-state index contributed by atoms with van der Waals surface area (Å²) in [5, 5.41) is 0.928. The van der Waals surface area contributed by atoms with E-state index in [2.05, 4.69) is 9.97 Å². The van der Waals surface area contributed by atoms with Crippen molar-refractivity contribution in [2.45, 2.75) is 0 Å². The van der Waals surface area contributed by atoms with Crippen molar-refractivity contribution in [1.82, 2.24) is 9.97 Å². The van der Waals surface area contributed by atoms with Gasteiger partial charge in [0.25, 0.3) is 5.56 Å². The van der Waals surface area contributed by atoms with Crippen LogP contribution in [-0.4, -0.2) is 23.6 Å². The molecule has 4 aliphatic rings. The van der Waals surface area contributed by atoms with Crippen molar-refractivity contribution in [3.8, 4) is 11.1 Å². The molecular weight excluding hydrogens is 350 g/mol. The second-order valence-electron chi connectivity index (χ2n) is 6.53. The van der Waals surface area contributed by atoms with Gasteiger partial charge in [0.2, 0.25) is 0 Å². The van der Waals surface area contributed by atoms with E-state index in [1.54, 1.807) is 30.3 Å². The number of benzene rings is 1. The minimum absolute atomic E-state index is 0.264. The Kier molecular flexibility index (Phi) is 3.21. The molecule has 5 rings (SSSR count). The molecule has 0 aliphatic carbocycles. The largest absolute Gasteiger partial charge is 0.350 e. The highest BCUT2D eigenvalue weighted by atomic mass is 19.1. The van der Waals surface area contributed by atoms with Crippen LogP contribution >= 0.6 is 0 Å². The van der Waals surface area contributed by atoms with Crippen molar-refractivity contribution in [2.24, 2.45) is 0 Å². The number of fused-ring (bicyclic) bond motifs is 2. The zero-order chi connectivity index (χ0) is 18.7. The van der Waals surface area contributed by atoms with Crippen LogP contribution in [0.4, 0.5) is 26.0 Å². The van der Waals surface area contributed by atoms with E-state index in [0.29, 0.717) is 34.5 Å². The molecule has 5 nitrogen and oxygen atoms in total. The van der Waals surface area contributed by atoms with Crippen LogP contribution in [0.15, 0.2) is 47.5 Å². The van der Waals surface area contributed by atoms with Gasteiger partial charge in [0, 0.05) is 31.7 Å². The fourth-order valence-electron chi connectivity index (χ4n) is 3.70. The average molecular weight is 364 g/mol. The number of hydrogen-bond donors (Lipinski definition) is 1. The predicted octanol–water partition coefficient (Wildman–Crippen LogP) is 1.99. The van der Waals surface area contributed by atoms with Gasteiger partial charge in [-0.3, -0.25) is 4.79 Å². The monoisotopic (exact) mass is 364 g/mol. The van der Waals surface area contributed by atoms with Crippen molar-refractivity contribution in [3.05, 3.63) is 69.5 Å². The third-order valence-corrected chi connectivity index (χ3v) is 4.95. The molecule has 1 N–H and O–H groups in total. The Morgan fingerprint density at radius 3 is 2.70 bits per heavy atom. The summed E-state index contributed by atoms with van der Waals surface area (Å²) in [5.41, 5.74) is 1.94. The lowest BCUT2D eigenvalue weighted by Crippen LogP contribution is -2.26. The molecule has 0 radical (unpaired) electrons. The maximum absolute atomic E-state index is 14.5. The zero-order valence-corrected chi connectivity index (χ0v) is 14.3. The Hall–Kier alpha value is -3.48. The molecule has 0 bridgehead atoms. The van der Waals surface area contributed by atoms with E-state index in [9.17, 15) is 13.6 Å². The highest BCUT2D eigenvalue weighted by Gasteiger charge is 2.29. The van der Waals surface area contributed by atoms with Crippen LogP contribution in [0, 0.1) is 5.82 Å². The van der Waals surface area contributed by atoms with E-state index in [1.807, 2.05) is 11.0 Å². The van der Waals surface area contributed by atoms with Crippen LogP contribution in [0.1, 0.15) is 0 Å². The molecule has 27 heavy (non-hydrogen) atoms. The summed E-state index contributed by atoms with van der Waals surface area (Å²) in [5.74, 6) is -0.249. The van der Waals surface area contributed by atoms with Gasteiger partial charge < -0.3 is 14.8 Å². The first-order valence-electron chi connectivity index (χ1n) is 8.44. The third-order valence-electron chi connectivity index (χ3n) is 4.95. The standard InChI is InChI=1S/C20H14F2N4O/c1-25-8-6-14(22)13-10-23-19-16-15(24-20(27)17(16)18(13)25)7-9-26(19)12-4-2-11(21)3-5-12/h2-8,10H,9H2,1H3,(H,24,27). The molecule has 0 aromatic heterocycles. The summed E-state index contributed by atoms with van der Waals surface area (Å²) in [6.45, 7) is 0.454. The third kappa shape index (κ3) is 2.21. The summed E-state index contributed by atoms with van der Waals surface area (Å²) in [6.07, 6.45) is 6.26. The molecule has 7 heteroatoms. The number of halogens is 2. The van der Waals surface area contributed by atoms with Crippen molar-refractivity contribution >= 4 is 29.1 Å². The van der Waals surface area contributed by atoms with E-state index in [1.165, 1.54) is 24.4 Å². The van der Waals surface area contributed by atoms with E-state index in [4.69, 9.17) is 0 Å². The predicted molar refractivity (Wildman–Crippen MR) is 101 cm³/mol. The molecule has 0 saturated heterocycles. The number of aromatic amines is 1. The Balaban J connectivity index is 1.86. The summed E-state index contributed by atoms with van der Waals surface area (Å²) in [7, 11) is 1.76. The van der Waals surface area contributed by atoms with Crippen LogP contribution in [-0.2, 0) is 0 Å². The number of H-pyrrole nitrogens is 1. The lowest BCUT2D eigenvalue weighted by Gasteiger charge is -2.26. The summed E-state index contributed by atoms with van der Waals surface area (Å²) in [6, 6.07) is 6.05. The maximum Gasteiger partial charge on any atom is 0.258 e.